The number of hydrogen-bond donors (Lipinski definition) is 4. The van der Waals surface area contributed by atoms with E-state index in [1.807, 2.05) is 6.20 Å². The number of benzene rings is 2. The van der Waals surface area contributed by atoms with Crippen LogP contribution < -0.4 is 16.0 Å². The van der Waals surface area contributed by atoms with Crippen molar-refractivity contribution in [2.24, 2.45) is 0 Å². The maximum atomic E-state index is 13.6. The molecule has 2 aromatic carbocycles. The number of rotatable bonds is 7. The Balaban J connectivity index is 1.39. The van der Waals surface area contributed by atoms with Gasteiger partial charge >= 0.3 is 0 Å². The molecule has 0 bridgehead atoms. The number of hydrogen-bond acceptors (Lipinski definition) is 3. The second-order valence-electron chi connectivity index (χ2n) is 8.22. The lowest BCUT2D eigenvalue weighted by Gasteiger charge is -2.36. The molecule has 1 fully saturated rings. The predicted octanol–water partition coefficient (Wildman–Crippen LogP) is 3.06. The van der Waals surface area contributed by atoms with Crippen molar-refractivity contribution in [1.82, 2.24) is 20.9 Å². The van der Waals surface area contributed by atoms with Crippen LogP contribution in [0.1, 0.15) is 24.0 Å². The van der Waals surface area contributed by atoms with Crippen LogP contribution in [0.2, 0.25) is 0 Å². The first-order chi connectivity index (χ1) is 15.9. The number of carbonyl (C=O) groups is 2. The molecule has 1 aromatic heterocycles. The van der Waals surface area contributed by atoms with Crippen LogP contribution in [0.4, 0.5) is 8.78 Å². The lowest BCUT2D eigenvalue weighted by molar-refractivity contribution is -0.133. The molecule has 1 aliphatic rings. The standard InChI is InChI=1S/C25H26F2N4O2/c26-19-4-1-17(2-5-19)3-8-23(32)31-25(10-13-28-14-11-25)24(33)29-12-9-18-16-30-22-7-6-20(27)15-21(18)22/h1-8,15-16,28,30H,9-14H2,(H,29,33)(H,31,32)/b8-3+. The fraction of sp³-hybridized carbons (Fsp3) is 0.280. The van der Waals surface area contributed by atoms with Crippen LogP contribution in [0.25, 0.3) is 17.0 Å². The summed E-state index contributed by atoms with van der Waals surface area (Å²) in [6.07, 6.45) is 6.21. The predicted molar refractivity (Wildman–Crippen MR) is 123 cm³/mol. The summed E-state index contributed by atoms with van der Waals surface area (Å²) < 4.78 is 26.6. The Hall–Kier alpha value is -3.52. The third-order valence-electron chi connectivity index (χ3n) is 5.96. The Bertz CT molecular complexity index is 1160. The van der Waals surface area contributed by atoms with Gasteiger partial charge in [0.25, 0.3) is 0 Å². The molecule has 4 N–H and O–H groups in total. The van der Waals surface area contributed by atoms with E-state index in [1.165, 1.54) is 30.3 Å². The Morgan fingerprint density at radius 1 is 1.03 bits per heavy atom. The molecule has 1 saturated heterocycles. The molecule has 33 heavy (non-hydrogen) atoms. The van der Waals surface area contributed by atoms with Crippen molar-refractivity contribution in [3.05, 3.63) is 77.5 Å². The molecule has 0 unspecified atom stereocenters. The average molecular weight is 453 g/mol. The largest absolute Gasteiger partial charge is 0.361 e. The van der Waals surface area contributed by atoms with Gasteiger partial charge in [-0.1, -0.05) is 12.1 Å². The Kier molecular flexibility index (Phi) is 6.84. The smallest absolute Gasteiger partial charge is 0.245 e. The number of amides is 2. The summed E-state index contributed by atoms with van der Waals surface area (Å²) in [6, 6.07) is 10.4. The number of piperidine rings is 1. The maximum Gasteiger partial charge on any atom is 0.245 e. The third kappa shape index (κ3) is 5.46. The summed E-state index contributed by atoms with van der Waals surface area (Å²) in [5, 5.41) is 9.83. The third-order valence-corrected chi connectivity index (χ3v) is 5.96. The Morgan fingerprint density at radius 3 is 2.52 bits per heavy atom. The topological polar surface area (TPSA) is 86.0 Å². The van der Waals surface area contributed by atoms with E-state index in [1.54, 1.807) is 24.3 Å². The molecule has 0 aliphatic carbocycles. The zero-order valence-electron chi connectivity index (χ0n) is 18.1. The molecule has 0 atom stereocenters. The molecule has 2 amide bonds. The summed E-state index contributed by atoms with van der Waals surface area (Å²) in [7, 11) is 0. The summed E-state index contributed by atoms with van der Waals surface area (Å²) in [4.78, 5) is 28.8. The van der Waals surface area contributed by atoms with Gasteiger partial charge in [-0.05, 0) is 79.9 Å². The summed E-state index contributed by atoms with van der Waals surface area (Å²) in [6.45, 7) is 1.58. The van der Waals surface area contributed by atoms with Crippen molar-refractivity contribution < 1.29 is 18.4 Å². The highest BCUT2D eigenvalue weighted by Crippen LogP contribution is 2.21. The van der Waals surface area contributed by atoms with Crippen LogP contribution >= 0.6 is 0 Å². The Morgan fingerprint density at radius 2 is 1.76 bits per heavy atom. The lowest BCUT2D eigenvalue weighted by atomic mass is 9.87. The van der Waals surface area contributed by atoms with Crippen molar-refractivity contribution in [2.75, 3.05) is 19.6 Å². The van der Waals surface area contributed by atoms with Gasteiger partial charge < -0.3 is 20.9 Å². The van der Waals surface area contributed by atoms with Crippen molar-refractivity contribution in [1.29, 1.82) is 0 Å². The zero-order chi connectivity index (χ0) is 23.3. The zero-order valence-corrected chi connectivity index (χ0v) is 18.1. The maximum absolute atomic E-state index is 13.6. The molecule has 0 saturated carbocycles. The molecule has 0 radical (unpaired) electrons. The monoisotopic (exact) mass is 452 g/mol. The van der Waals surface area contributed by atoms with Gasteiger partial charge in [0.05, 0.1) is 0 Å². The van der Waals surface area contributed by atoms with E-state index < -0.39 is 5.54 Å². The average Bonchev–Trinajstić information content (AvgIpc) is 3.21. The minimum absolute atomic E-state index is 0.237. The van der Waals surface area contributed by atoms with Gasteiger partial charge in [0, 0.05) is 29.7 Å². The van der Waals surface area contributed by atoms with Crippen LogP contribution in [0.5, 0.6) is 0 Å². The first-order valence-electron chi connectivity index (χ1n) is 11.0. The van der Waals surface area contributed by atoms with E-state index in [-0.39, 0.29) is 23.4 Å². The first-order valence-corrected chi connectivity index (χ1v) is 11.0. The number of halogens is 2. The fourth-order valence-electron chi connectivity index (χ4n) is 4.12. The SMILES string of the molecule is O=C(/C=C/c1ccc(F)cc1)NC1(C(=O)NCCc2c[nH]c3ccc(F)cc23)CCNCC1. The molecule has 3 aromatic rings. The van der Waals surface area contributed by atoms with Gasteiger partial charge in [-0.2, -0.15) is 0 Å². The van der Waals surface area contributed by atoms with Crippen molar-refractivity contribution in [3.63, 3.8) is 0 Å². The van der Waals surface area contributed by atoms with Gasteiger partial charge in [0.1, 0.15) is 17.2 Å². The Labute approximate surface area is 190 Å². The number of H-pyrrole nitrogens is 1. The minimum atomic E-state index is -1.01. The molecule has 0 spiro atoms. The molecular weight excluding hydrogens is 426 g/mol. The van der Waals surface area contributed by atoms with Crippen LogP contribution in [0, 0.1) is 11.6 Å². The molecule has 2 heterocycles. The normalized spacial score (nSPS) is 15.6. The van der Waals surface area contributed by atoms with E-state index in [9.17, 15) is 18.4 Å². The molecule has 6 nitrogen and oxygen atoms in total. The van der Waals surface area contributed by atoms with Crippen molar-refractivity contribution >= 4 is 28.8 Å². The van der Waals surface area contributed by atoms with E-state index >= 15 is 0 Å². The highest BCUT2D eigenvalue weighted by molar-refractivity contribution is 5.97. The van der Waals surface area contributed by atoms with Crippen LogP contribution in [0.3, 0.4) is 0 Å². The number of aromatic amines is 1. The van der Waals surface area contributed by atoms with Crippen molar-refractivity contribution in [3.8, 4) is 0 Å². The van der Waals surface area contributed by atoms with E-state index in [2.05, 4.69) is 20.9 Å². The summed E-state index contributed by atoms with van der Waals surface area (Å²) >= 11 is 0. The molecule has 8 heteroatoms. The highest BCUT2D eigenvalue weighted by atomic mass is 19.1. The second-order valence-corrected chi connectivity index (χ2v) is 8.22. The van der Waals surface area contributed by atoms with Gasteiger partial charge in [-0.25, -0.2) is 8.78 Å². The number of nitrogens with one attached hydrogen (secondary N) is 4. The lowest BCUT2D eigenvalue weighted by Crippen LogP contribution is -2.62. The quantitative estimate of drug-likeness (QED) is 0.416. The van der Waals surface area contributed by atoms with E-state index in [4.69, 9.17) is 0 Å². The van der Waals surface area contributed by atoms with E-state index in [0.29, 0.717) is 44.5 Å². The summed E-state index contributed by atoms with van der Waals surface area (Å²) in [5.74, 6) is -1.28. The fourth-order valence-corrected chi connectivity index (χ4v) is 4.12. The summed E-state index contributed by atoms with van der Waals surface area (Å²) in [5.41, 5.74) is 1.43. The first kappa shape index (κ1) is 22.7. The molecule has 4 rings (SSSR count). The second kappa shape index (κ2) is 9.95. The molecule has 172 valence electrons. The van der Waals surface area contributed by atoms with E-state index in [0.717, 1.165) is 16.5 Å². The number of fused-ring (bicyclic) bond motifs is 1. The number of carbonyl (C=O) groups excluding carboxylic acids is 2. The molecule has 1 aliphatic heterocycles. The van der Waals surface area contributed by atoms with Crippen LogP contribution in [0.15, 0.2) is 54.7 Å². The van der Waals surface area contributed by atoms with Gasteiger partial charge in [-0.15, -0.1) is 0 Å². The van der Waals surface area contributed by atoms with Crippen LogP contribution in [-0.4, -0.2) is 42.0 Å². The molecular formula is C25H26F2N4O2. The van der Waals surface area contributed by atoms with Crippen molar-refractivity contribution in [2.45, 2.75) is 24.8 Å². The van der Waals surface area contributed by atoms with Crippen LogP contribution in [-0.2, 0) is 16.0 Å². The van der Waals surface area contributed by atoms with Gasteiger partial charge in [0.15, 0.2) is 0 Å². The minimum Gasteiger partial charge on any atom is -0.361 e. The highest BCUT2D eigenvalue weighted by Gasteiger charge is 2.40. The van der Waals surface area contributed by atoms with Gasteiger partial charge in [-0.3, -0.25) is 9.59 Å². The number of aromatic nitrogens is 1. The van der Waals surface area contributed by atoms with Gasteiger partial charge in [0.2, 0.25) is 11.8 Å².